The molecule has 0 aliphatic carbocycles. The minimum atomic E-state index is -0.530. The third kappa shape index (κ3) is 1.83. The van der Waals surface area contributed by atoms with Crippen molar-refractivity contribution >= 4 is 12.2 Å². The lowest BCUT2D eigenvalue weighted by Gasteiger charge is -2.00. The summed E-state index contributed by atoms with van der Waals surface area (Å²) in [5, 5.41) is 3.98. The van der Waals surface area contributed by atoms with Gasteiger partial charge in [0, 0.05) is 11.8 Å². The van der Waals surface area contributed by atoms with Gasteiger partial charge >= 0.3 is 0 Å². The molecule has 0 radical (unpaired) electrons. The highest BCUT2D eigenvalue weighted by Crippen LogP contribution is 2.09. The van der Waals surface area contributed by atoms with Crippen LogP contribution in [-0.2, 0) is 0 Å². The fraction of sp³-hybridized carbons (Fsp3) is 0. The number of primary amides is 1. The fourth-order valence-corrected chi connectivity index (χ4v) is 1.33. The van der Waals surface area contributed by atoms with E-state index in [0.717, 1.165) is 6.29 Å². The van der Waals surface area contributed by atoms with Crippen molar-refractivity contribution in [3.63, 3.8) is 0 Å². The molecule has 2 N–H and O–H groups in total. The van der Waals surface area contributed by atoms with Crippen molar-refractivity contribution in [2.45, 2.75) is 0 Å². The van der Waals surface area contributed by atoms with E-state index in [4.69, 9.17) is 5.73 Å². The van der Waals surface area contributed by atoms with Crippen molar-refractivity contribution in [1.82, 2.24) is 9.78 Å². The topological polar surface area (TPSA) is 78.0 Å². The second kappa shape index (κ2) is 3.98. The van der Waals surface area contributed by atoms with Crippen LogP contribution in [0.4, 0.5) is 0 Å². The second-order valence-electron chi connectivity index (χ2n) is 3.25. The lowest BCUT2D eigenvalue weighted by atomic mass is 10.2. The summed E-state index contributed by atoms with van der Waals surface area (Å²) < 4.78 is 1.49. The Bertz CT molecular complexity index is 546. The zero-order valence-electron chi connectivity index (χ0n) is 8.33. The standard InChI is InChI=1S/C11H9N3O2/c12-11(16)9-5-13-14(6-9)10-3-1-2-8(4-10)7-15/h1-7H,(H2,12,16). The second-order valence-corrected chi connectivity index (χ2v) is 3.25. The first-order valence-electron chi connectivity index (χ1n) is 4.61. The molecule has 2 rings (SSSR count). The van der Waals surface area contributed by atoms with E-state index in [1.807, 2.05) is 0 Å². The molecule has 2 aromatic rings. The molecule has 0 aliphatic heterocycles. The molecule has 0 bridgehead atoms. The first-order chi connectivity index (χ1) is 7.70. The Labute approximate surface area is 91.5 Å². The van der Waals surface area contributed by atoms with Crippen LogP contribution in [0.1, 0.15) is 20.7 Å². The third-order valence-corrected chi connectivity index (χ3v) is 2.14. The molecule has 0 saturated carbocycles. The maximum Gasteiger partial charge on any atom is 0.251 e. The van der Waals surface area contributed by atoms with Gasteiger partial charge < -0.3 is 5.73 Å². The Hall–Kier alpha value is -2.43. The number of amides is 1. The number of aldehydes is 1. The van der Waals surface area contributed by atoms with Crippen LogP contribution >= 0.6 is 0 Å². The SMILES string of the molecule is NC(=O)c1cnn(-c2cccc(C=O)c2)c1. The van der Waals surface area contributed by atoms with Gasteiger partial charge in [-0.3, -0.25) is 9.59 Å². The highest BCUT2D eigenvalue weighted by Gasteiger charge is 2.05. The Kier molecular flexibility index (Phi) is 2.51. The van der Waals surface area contributed by atoms with E-state index in [0.29, 0.717) is 16.8 Å². The molecule has 0 spiro atoms. The minimum Gasteiger partial charge on any atom is -0.366 e. The van der Waals surface area contributed by atoms with Crippen molar-refractivity contribution in [3.05, 3.63) is 47.8 Å². The molecular formula is C11H9N3O2. The largest absolute Gasteiger partial charge is 0.366 e. The lowest BCUT2D eigenvalue weighted by molar-refractivity contribution is 0.0999. The molecule has 0 aliphatic rings. The number of nitrogens with zero attached hydrogens (tertiary/aromatic N) is 2. The highest BCUT2D eigenvalue weighted by atomic mass is 16.1. The van der Waals surface area contributed by atoms with Gasteiger partial charge in [-0.1, -0.05) is 12.1 Å². The summed E-state index contributed by atoms with van der Waals surface area (Å²) in [6.07, 6.45) is 3.66. The van der Waals surface area contributed by atoms with E-state index >= 15 is 0 Å². The van der Waals surface area contributed by atoms with Gasteiger partial charge in [0.1, 0.15) is 6.29 Å². The monoisotopic (exact) mass is 215 g/mol. The number of nitrogens with two attached hydrogens (primary N) is 1. The van der Waals surface area contributed by atoms with Crippen molar-refractivity contribution < 1.29 is 9.59 Å². The fourth-order valence-electron chi connectivity index (χ4n) is 1.33. The van der Waals surface area contributed by atoms with Crippen LogP contribution in [0.15, 0.2) is 36.7 Å². The number of rotatable bonds is 3. The molecule has 1 aromatic heterocycles. The quantitative estimate of drug-likeness (QED) is 0.768. The van der Waals surface area contributed by atoms with Gasteiger partial charge in [0.2, 0.25) is 0 Å². The number of carbonyl (C=O) groups excluding carboxylic acids is 2. The average Bonchev–Trinajstić information content (AvgIpc) is 2.78. The van der Waals surface area contributed by atoms with E-state index in [-0.39, 0.29) is 0 Å². The molecule has 1 aromatic carbocycles. The van der Waals surface area contributed by atoms with Gasteiger partial charge in [0.05, 0.1) is 17.4 Å². The van der Waals surface area contributed by atoms with Crippen LogP contribution in [0.3, 0.4) is 0 Å². The molecular weight excluding hydrogens is 206 g/mol. The summed E-state index contributed by atoms with van der Waals surface area (Å²) in [6.45, 7) is 0. The van der Waals surface area contributed by atoms with Gasteiger partial charge in [-0.05, 0) is 12.1 Å². The number of hydrogen-bond donors (Lipinski definition) is 1. The van der Waals surface area contributed by atoms with E-state index in [1.54, 1.807) is 24.3 Å². The molecule has 80 valence electrons. The van der Waals surface area contributed by atoms with Crippen molar-refractivity contribution in [3.8, 4) is 5.69 Å². The highest BCUT2D eigenvalue weighted by molar-refractivity contribution is 5.92. The van der Waals surface area contributed by atoms with Crippen LogP contribution < -0.4 is 5.73 Å². The molecule has 1 heterocycles. The first-order valence-corrected chi connectivity index (χ1v) is 4.61. The average molecular weight is 215 g/mol. The van der Waals surface area contributed by atoms with E-state index in [1.165, 1.54) is 17.1 Å². The summed E-state index contributed by atoms with van der Waals surface area (Å²) in [5.41, 5.74) is 6.70. The zero-order valence-corrected chi connectivity index (χ0v) is 8.33. The van der Waals surface area contributed by atoms with E-state index in [2.05, 4.69) is 5.10 Å². The van der Waals surface area contributed by atoms with Crippen molar-refractivity contribution in [1.29, 1.82) is 0 Å². The Morgan fingerprint density at radius 2 is 2.25 bits per heavy atom. The summed E-state index contributed by atoms with van der Waals surface area (Å²) >= 11 is 0. The normalized spacial score (nSPS) is 10.0. The van der Waals surface area contributed by atoms with E-state index < -0.39 is 5.91 Å². The molecule has 16 heavy (non-hydrogen) atoms. The van der Waals surface area contributed by atoms with Gasteiger partial charge in [0.25, 0.3) is 5.91 Å². The number of aromatic nitrogens is 2. The molecule has 0 fully saturated rings. The smallest absolute Gasteiger partial charge is 0.251 e. The Morgan fingerprint density at radius 3 is 2.88 bits per heavy atom. The van der Waals surface area contributed by atoms with Crippen LogP contribution in [0, 0.1) is 0 Å². The van der Waals surface area contributed by atoms with Gasteiger partial charge in [-0.15, -0.1) is 0 Å². The van der Waals surface area contributed by atoms with Crippen molar-refractivity contribution in [2.24, 2.45) is 5.73 Å². The maximum absolute atomic E-state index is 10.9. The first kappa shape index (κ1) is 10.1. The molecule has 0 saturated heterocycles. The summed E-state index contributed by atoms with van der Waals surface area (Å²) in [4.78, 5) is 21.5. The summed E-state index contributed by atoms with van der Waals surface area (Å²) in [6, 6.07) is 6.88. The minimum absolute atomic E-state index is 0.330. The predicted octanol–water partition coefficient (Wildman–Crippen LogP) is 0.784. The molecule has 5 nitrogen and oxygen atoms in total. The van der Waals surface area contributed by atoms with Gasteiger partial charge in [-0.2, -0.15) is 5.10 Å². The Balaban J connectivity index is 2.42. The van der Waals surface area contributed by atoms with Crippen LogP contribution in [-0.4, -0.2) is 22.0 Å². The van der Waals surface area contributed by atoms with E-state index in [9.17, 15) is 9.59 Å². The maximum atomic E-state index is 10.9. The Morgan fingerprint density at radius 1 is 1.44 bits per heavy atom. The predicted molar refractivity (Wildman–Crippen MR) is 57.5 cm³/mol. The molecule has 5 heteroatoms. The lowest BCUT2D eigenvalue weighted by Crippen LogP contribution is -2.09. The van der Waals surface area contributed by atoms with Crippen LogP contribution in [0.25, 0.3) is 5.69 Å². The molecule has 0 atom stereocenters. The van der Waals surface area contributed by atoms with Crippen LogP contribution in [0.2, 0.25) is 0 Å². The summed E-state index contributed by atoms with van der Waals surface area (Å²) in [7, 11) is 0. The van der Waals surface area contributed by atoms with Gasteiger partial charge in [-0.25, -0.2) is 4.68 Å². The van der Waals surface area contributed by atoms with Crippen molar-refractivity contribution in [2.75, 3.05) is 0 Å². The number of hydrogen-bond acceptors (Lipinski definition) is 3. The zero-order chi connectivity index (χ0) is 11.5. The number of carbonyl (C=O) groups is 2. The molecule has 0 unspecified atom stereocenters. The molecule has 1 amide bonds. The van der Waals surface area contributed by atoms with Crippen LogP contribution in [0.5, 0.6) is 0 Å². The number of benzene rings is 1. The third-order valence-electron chi connectivity index (χ3n) is 2.14. The van der Waals surface area contributed by atoms with Gasteiger partial charge in [0.15, 0.2) is 0 Å². The summed E-state index contributed by atoms with van der Waals surface area (Å²) in [5.74, 6) is -0.530.